The first-order chi connectivity index (χ1) is 5.86. The van der Waals surface area contributed by atoms with Crippen LogP contribution in [0.25, 0.3) is 0 Å². The molecule has 0 bridgehead atoms. The van der Waals surface area contributed by atoms with E-state index in [1.165, 1.54) is 0 Å². The van der Waals surface area contributed by atoms with Crippen molar-refractivity contribution in [3.8, 4) is 0 Å². The van der Waals surface area contributed by atoms with Gasteiger partial charge in [-0.15, -0.1) is 11.8 Å². The second-order valence-corrected chi connectivity index (χ2v) is 6.60. The van der Waals surface area contributed by atoms with Crippen molar-refractivity contribution in [2.45, 2.75) is 43.1 Å². The Labute approximate surface area is 83.4 Å². The van der Waals surface area contributed by atoms with Crippen LogP contribution in [0.3, 0.4) is 0 Å². The predicted molar refractivity (Wildman–Crippen MR) is 56.1 cm³/mol. The van der Waals surface area contributed by atoms with E-state index in [1.807, 2.05) is 12.2 Å². The highest BCUT2D eigenvalue weighted by molar-refractivity contribution is 8.02. The average molecular weight is 200 g/mol. The van der Waals surface area contributed by atoms with Crippen LogP contribution in [0.1, 0.15) is 33.6 Å². The minimum Gasteiger partial charge on any atom is -0.480 e. The first-order valence-corrected chi connectivity index (χ1v) is 5.26. The van der Waals surface area contributed by atoms with Gasteiger partial charge >= 0.3 is 5.97 Å². The third kappa shape index (κ3) is 2.50. The number of carbonyl (C=O) groups is 1. The van der Waals surface area contributed by atoms with E-state index in [1.54, 1.807) is 11.8 Å². The molecule has 0 radical (unpaired) electrons. The number of aliphatic carboxylic acids is 1. The van der Waals surface area contributed by atoms with Gasteiger partial charge in [0.05, 0.1) is 0 Å². The standard InChI is InChI=1S/C10H16O2S/c1-9(2,3)13-10(8(11)12)6-4-5-7-10/h4-5H,6-7H2,1-3H3,(H,11,12). The van der Waals surface area contributed by atoms with Gasteiger partial charge in [0, 0.05) is 4.75 Å². The maximum absolute atomic E-state index is 11.1. The molecule has 0 spiro atoms. The summed E-state index contributed by atoms with van der Waals surface area (Å²) in [4.78, 5) is 11.1. The molecule has 1 aliphatic carbocycles. The molecule has 1 N–H and O–H groups in total. The summed E-state index contributed by atoms with van der Waals surface area (Å²) in [5, 5.41) is 9.17. The van der Waals surface area contributed by atoms with E-state index < -0.39 is 10.7 Å². The Morgan fingerprint density at radius 3 is 2.15 bits per heavy atom. The summed E-state index contributed by atoms with van der Waals surface area (Å²) in [5.41, 5.74) is 0. The van der Waals surface area contributed by atoms with E-state index in [4.69, 9.17) is 5.11 Å². The molecule has 74 valence electrons. The van der Waals surface area contributed by atoms with Gasteiger partial charge in [0.15, 0.2) is 0 Å². The fraction of sp³-hybridized carbons (Fsp3) is 0.700. The summed E-state index contributed by atoms with van der Waals surface area (Å²) >= 11 is 1.56. The molecule has 0 saturated carbocycles. The van der Waals surface area contributed by atoms with Gasteiger partial charge in [-0.1, -0.05) is 32.9 Å². The molecule has 2 nitrogen and oxygen atoms in total. The van der Waals surface area contributed by atoms with Crippen LogP contribution in [-0.4, -0.2) is 20.6 Å². The van der Waals surface area contributed by atoms with E-state index in [9.17, 15) is 4.79 Å². The molecule has 0 saturated heterocycles. The van der Waals surface area contributed by atoms with Gasteiger partial charge in [-0.3, -0.25) is 4.79 Å². The van der Waals surface area contributed by atoms with Gasteiger partial charge in [-0.2, -0.15) is 0 Å². The van der Waals surface area contributed by atoms with Gasteiger partial charge in [0.1, 0.15) is 4.75 Å². The van der Waals surface area contributed by atoms with Crippen molar-refractivity contribution in [2.24, 2.45) is 0 Å². The molecule has 0 amide bonds. The van der Waals surface area contributed by atoms with Gasteiger partial charge < -0.3 is 5.11 Å². The fourth-order valence-corrected chi connectivity index (χ4v) is 3.14. The highest BCUT2D eigenvalue weighted by Crippen LogP contribution is 2.44. The Hall–Kier alpha value is -0.440. The Bertz CT molecular complexity index is 230. The number of allylic oxidation sites excluding steroid dienone is 2. The van der Waals surface area contributed by atoms with Crippen molar-refractivity contribution < 1.29 is 9.90 Å². The molecule has 1 aliphatic rings. The number of hydrogen-bond acceptors (Lipinski definition) is 2. The third-order valence-corrected chi connectivity index (χ3v) is 3.46. The molecule has 13 heavy (non-hydrogen) atoms. The van der Waals surface area contributed by atoms with Crippen molar-refractivity contribution in [1.82, 2.24) is 0 Å². The predicted octanol–water partition coefficient (Wildman–Crippen LogP) is 2.69. The Balaban J connectivity index is 2.76. The molecule has 0 aliphatic heterocycles. The van der Waals surface area contributed by atoms with Crippen LogP contribution in [0.4, 0.5) is 0 Å². The molecular formula is C10H16O2S. The van der Waals surface area contributed by atoms with Gasteiger partial charge in [-0.25, -0.2) is 0 Å². The van der Waals surface area contributed by atoms with Crippen molar-refractivity contribution in [3.63, 3.8) is 0 Å². The number of rotatable bonds is 2. The van der Waals surface area contributed by atoms with Crippen molar-refractivity contribution in [3.05, 3.63) is 12.2 Å². The largest absolute Gasteiger partial charge is 0.480 e. The van der Waals surface area contributed by atoms with Crippen LogP contribution < -0.4 is 0 Å². The van der Waals surface area contributed by atoms with Crippen LogP contribution in [-0.2, 0) is 4.79 Å². The average Bonchev–Trinajstić information content (AvgIpc) is 2.33. The Kier molecular flexibility index (Phi) is 2.76. The number of hydrogen-bond donors (Lipinski definition) is 1. The zero-order valence-corrected chi connectivity index (χ0v) is 9.15. The van der Waals surface area contributed by atoms with Gasteiger partial charge in [-0.05, 0) is 12.8 Å². The van der Waals surface area contributed by atoms with Crippen LogP contribution in [0.5, 0.6) is 0 Å². The minimum absolute atomic E-state index is 0.00438. The lowest BCUT2D eigenvalue weighted by molar-refractivity contribution is -0.139. The molecule has 0 aromatic heterocycles. The molecule has 0 aromatic carbocycles. The first kappa shape index (κ1) is 10.6. The van der Waals surface area contributed by atoms with Crippen LogP contribution >= 0.6 is 11.8 Å². The van der Waals surface area contributed by atoms with E-state index in [-0.39, 0.29) is 4.75 Å². The van der Waals surface area contributed by atoms with E-state index in [2.05, 4.69) is 20.8 Å². The summed E-state index contributed by atoms with van der Waals surface area (Å²) in [6.07, 6.45) is 5.24. The van der Waals surface area contributed by atoms with E-state index >= 15 is 0 Å². The summed E-state index contributed by atoms with van der Waals surface area (Å²) in [6, 6.07) is 0. The first-order valence-electron chi connectivity index (χ1n) is 4.44. The zero-order valence-electron chi connectivity index (χ0n) is 8.33. The lowest BCUT2D eigenvalue weighted by Crippen LogP contribution is -2.36. The van der Waals surface area contributed by atoms with Crippen molar-refractivity contribution >= 4 is 17.7 Å². The SMILES string of the molecule is CC(C)(C)SC1(C(=O)O)CC=CC1. The summed E-state index contributed by atoms with van der Waals surface area (Å²) in [6.45, 7) is 6.17. The number of carboxylic acids is 1. The normalized spacial score (nSPS) is 20.5. The Morgan fingerprint density at radius 2 is 1.85 bits per heavy atom. The van der Waals surface area contributed by atoms with E-state index in [0.29, 0.717) is 12.8 Å². The molecule has 1 rings (SSSR count). The minimum atomic E-state index is -0.683. The van der Waals surface area contributed by atoms with Crippen molar-refractivity contribution in [1.29, 1.82) is 0 Å². The van der Waals surface area contributed by atoms with Crippen LogP contribution in [0, 0.1) is 0 Å². The van der Waals surface area contributed by atoms with Crippen molar-refractivity contribution in [2.75, 3.05) is 0 Å². The van der Waals surface area contributed by atoms with Crippen LogP contribution in [0.2, 0.25) is 0 Å². The molecule has 3 heteroatoms. The topological polar surface area (TPSA) is 37.3 Å². The maximum Gasteiger partial charge on any atom is 0.320 e. The number of thioether (sulfide) groups is 1. The molecular weight excluding hydrogens is 184 g/mol. The monoisotopic (exact) mass is 200 g/mol. The lowest BCUT2D eigenvalue weighted by Gasteiger charge is -2.31. The molecule has 0 unspecified atom stereocenters. The second kappa shape index (κ2) is 3.37. The zero-order chi connectivity index (χ0) is 10.1. The maximum atomic E-state index is 11.1. The molecule has 0 fully saturated rings. The smallest absolute Gasteiger partial charge is 0.320 e. The quantitative estimate of drug-likeness (QED) is 0.696. The van der Waals surface area contributed by atoms with E-state index in [0.717, 1.165) is 0 Å². The van der Waals surface area contributed by atoms with Gasteiger partial charge in [0.2, 0.25) is 0 Å². The summed E-state index contributed by atoms with van der Waals surface area (Å²) in [5.74, 6) is -0.683. The fourth-order valence-electron chi connectivity index (χ4n) is 1.52. The molecule has 0 atom stereocenters. The highest BCUT2D eigenvalue weighted by Gasteiger charge is 2.42. The molecule has 0 heterocycles. The Morgan fingerprint density at radius 1 is 1.38 bits per heavy atom. The number of carboxylic acid groups (broad SMARTS) is 1. The van der Waals surface area contributed by atoms with Crippen LogP contribution in [0.15, 0.2) is 12.2 Å². The summed E-state index contributed by atoms with van der Waals surface area (Å²) in [7, 11) is 0. The lowest BCUT2D eigenvalue weighted by atomic mass is 10.1. The third-order valence-electron chi connectivity index (χ3n) is 1.95. The molecule has 0 aromatic rings. The second-order valence-electron chi connectivity index (χ2n) is 4.39. The van der Waals surface area contributed by atoms with Gasteiger partial charge in [0.25, 0.3) is 0 Å². The highest BCUT2D eigenvalue weighted by atomic mass is 32.2. The summed E-state index contributed by atoms with van der Waals surface area (Å²) < 4.78 is -0.595.